The van der Waals surface area contributed by atoms with Gasteiger partial charge in [0.1, 0.15) is 18.5 Å². The van der Waals surface area contributed by atoms with Crippen molar-refractivity contribution < 1.29 is 9.57 Å². The molecule has 2 aromatic rings. The number of fused-ring (bicyclic) bond motifs is 2. The summed E-state index contributed by atoms with van der Waals surface area (Å²) in [5, 5.41) is 0. The maximum atomic E-state index is 6.00. The molecule has 0 amide bonds. The molecule has 3 aliphatic heterocycles. The minimum Gasteiger partial charge on any atom is -0.488 e. The molecule has 30 heavy (non-hydrogen) atoms. The van der Waals surface area contributed by atoms with Crippen molar-refractivity contribution in [3.63, 3.8) is 0 Å². The minimum absolute atomic E-state index is 0.0539. The topological polar surface area (TPSA) is 37.0 Å². The zero-order valence-corrected chi connectivity index (χ0v) is 17.5. The molecule has 0 aromatic heterocycles. The summed E-state index contributed by atoms with van der Waals surface area (Å²) < 4.78 is 6.00. The Bertz CT molecular complexity index is 946. The zero-order chi connectivity index (χ0) is 20.3. The fraction of sp³-hybridized carbons (Fsp3) is 0.360. The van der Waals surface area contributed by atoms with Gasteiger partial charge in [0.05, 0.1) is 5.70 Å². The molecule has 1 saturated heterocycles. The molecule has 3 heterocycles. The number of nitrogens with zero attached hydrogens (tertiary/aromatic N) is 2. The van der Waals surface area contributed by atoms with Crippen LogP contribution in [-0.4, -0.2) is 61.8 Å². The summed E-state index contributed by atoms with van der Waals surface area (Å²) in [7, 11) is 0. The number of rotatable bonds is 5. The van der Waals surface area contributed by atoms with Crippen LogP contribution in [0.15, 0.2) is 60.2 Å². The first-order chi connectivity index (χ1) is 14.8. The molecule has 5 heteroatoms. The molecule has 3 aliphatic rings. The van der Waals surface area contributed by atoms with E-state index in [0.717, 1.165) is 56.3 Å². The summed E-state index contributed by atoms with van der Waals surface area (Å²) in [6, 6.07) is 16.8. The third-order valence-electron chi connectivity index (χ3n) is 6.16. The van der Waals surface area contributed by atoms with Crippen LogP contribution in [0.5, 0.6) is 5.75 Å². The van der Waals surface area contributed by atoms with Crippen LogP contribution >= 0.6 is 0 Å². The lowest BCUT2D eigenvalue weighted by atomic mass is 9.99. The lowest BCUT2D eigenvalue weighted by molar-refractivity contribution is 0.0119. The molecule has 2 aromatic carbocycles. The van der Waals surface area contributed by atoms with Crippen molar-refractivity contribution in [1.82, 2.24) is 15.3 Å². The first kappa shape index (κ1) is 19.4. The molecule has 1 atom stereocenters. The smallest absolute Gasteiger partial charge is 0.129 e. The Morgan fingerprint density at radius 3 is 2.67 bits per heavy atom. The first-order valence-electron chi connectivity index (χ1n) is 10.8. The van der Waals surface area contributed by atoms with Gasteiger partial charge in [0.25, 0.3) is 0 Å². The second-order valence-electron chi connectivity index (χ2n) is 8.31. The van der Waals surface area contributed by atoms with E-state index in [-0.39, 0.29) is 6.10 Å². The van der Waals surface area contributed by atoms with Crippen molar-refractivity contribution in [1.29, 1.82) is 0 Å². The number of hydroxylamine groups is 1. The molecule has 5 nitrogen and oxygen atoms in total. The van der Waals surface area contributed by atoms with Gasteiger partial charge in [-0.05, 0) is 24.6 Å². The number of nitrogens with one attached hydrogen (secondary N) is 1. The van der Waals surface area contributed by atoms with Gasteiger partial charge in [0.15, 0.2) is 0 Å². The van der Waals surface area contributed by atoms with Gasteiger partial charge in [-0.15, -0.1) is 0 Å². The van der Waals surface area contributed by atoms with Crippen LogP contribution in [0.2, 0.25) is 0 Å². The van der Waals surface area contributed by atoms with Gasteiger partial charge in [-0.2, -0.15) is 0 Å². The van der Waals surface area contributed by atoms with E-state index in [4.69, 9.17) is 9.57 Å². The van der Waals surface area contributed by atoms with Gasteiger partial charge in [0, 0.05) is 50.4 Å². The molecule has 0 saturated carbocycles. The Morgan fingerprint density at radius 2 is 1.83 bits per heavy atom. The van der Waals surface area contributed by atoms with Crippen molar-refractivity contribution >= 4 is 11.8 Å². The van der Waals surface area contributed by atoms with Crippen molar-refractivity contribution in [2.75, 3.05) is 45.9 Å². The lowest BCUT2D eigenvalue weighted by Gasteiger charge is -2.35. The average Bonchev–Trinajstić information content (AvgIpc) is 3.19. The van der Waals surface area contributed by atoms with Crippen LogP contribution < -0.4 is 10.2 Å². The van der Waals surface area contributed by atoms with Gasteiger partial charge in [-0.3, -0.25) is 20.1 Å². The predicted octanol–water partition coefficient (Wildman–Crippen LogP) is 3.33. The van der Waals surface area contributed by atoms with E-state index < -0.39 is 0 Å². The Kier molecular flexibility index (Phi) is 5.58. The van der Waals surface area contributed by atoms with E-state index >= 15 is 0 Å². The second kappa shape index (κ2) is 8.64. The van der Waals surface area contributed by atoms with Crippen molar-refractivity contribution in [2.45, 2.75) is 13.0 Å². The average molecular weight is 404 g/mol. The van der Waals surface area contributed by atoms with Crippen LogP contribution in [-0.2, 0) is 4.84 Å². The molecule has 0 radical (unpaired) electrons. The summed E-state index contributed by atoms with van der Waals surface area (Å²) >= 11 is 0. The number of aryl methyl sites for hydroxylation is 1. The van der Waals surface area contributed by atoms with E-state index in [2.05, 4.69) is 82.9 Å². The second-order valence-corrected chi connectivity index (χ2v) is 8.31. The lowest BCUT2D eigenvalue weighted by Crippen LogP contribution is -2.49. The summed E-state index contributed by atoms with van der Waals surface area (Å²) in [4.78, 5) is 11.0. The molecule has 1 unspecified atom stereocenters. The monoisotopic (exact) mass is 403 g/mol. The maximum absolute atomic E-state index is 6.00. The molecule has 1 fully saturated rings. The van der Waals surface area contributed by atoms with Crippen molar-refractivity contribution in [3.8, 4) is 5.75 Å². The number of ether oxygens (including phenoxy) is 1. The quantitative estimate of drug-likeness (QED) is 0.829. The van der Waals surface area contributed by atoms with Crippen LogP contribution in [0, 0.1) is 6.92 Å². The zero-order valence-electron chi connectivity index (χ0n) is 17.5. The van der Waals surface area contributed by atoms with Crippen LogP contribution in [0.1, 0.15) is 16.7 Å². The number of hydrogen-bond donors (Lipinski definition) is 1. The largest absolute Gasteiger partial charge is 0.488 e. The number of piperazine rings is 1. The van der Waals surface area contributed by atoms with E-state index in [9.17, 15) is 0 Å². The normalized spacial score (nSPS) is 22.0. The Balaban J connectivity index is 1.14. The Hall–Kier alpha value is -2.60. The van der Waals surface area contributed by atoms with Crippen molar-refractivity contribution in [3.05, 3.63) is 76.9 Å². The highest BCUT2D eigenvalue weighted by Gasteiger charge is 2.34. The Labute approximate surface area is 178 Å². The van der Waals surface area contributed by atoms with E-state index in [1.807, 2.05) is 0 Å². The SMILES string of the molecule is Cc1ccc2c(c1)C1=C(CO2)C(CN2CCN(CC=Cc3ccccc3)CC2)ON1. The molecule has 0 spiro atoms. The Morgan fingerprint density at radius 1 is 1.03 bits per heavy atom. The highest BCUT2D eigenvalue weighted by atomic mass is 16.7. The van der Waals surface area contributed by atoms with Gasteiger partial charge >= 0.3 is 0 Å². The van der Waals surface area contributed by atoms with Crippen molar-refractivity contribution in [2.24, 2.45) is 0 Å². The predicted molar refractivity (Wildman–Crippen MR) is 120 cm³/mol. The van der Waals surface area contributed by atoms with Gasteiger partial charge in [0.2, 0.25) is 0 Å². The van der Waals surface area contributed by atoms with E-state index in [1.54, 1.807) is 0 Å². The van der Waals surface area contributed by atoms with E-state index in [0.29, 0.717) is 6.61 Å². The number of hydrogen-bond acceptors (Lipinski definition) is 5. The molecule has 156 valence electrons. The highest BCUT2D eigenvalue weighted by molar-refractivity contribution is 5.75. The third kappa shape index (κ3) is 4.15. The molecule has 5 rings (SSSR count). The standard InChI is InChI=1S/C25H29N3O2/c1-19-9-10-23-21(16-19)25-22(18-29-23)24(30-26-25)17-28-14-12-27(13-15-28)11-5-8-20-6-3-2-4-7-20/h2-10,16,24,26H,11-15,17-18H2,1H3. The van der Waals surface area contributed by atoms with E-state index in [1.165, 1.54) is 16.7 Å². The van der Waals surface area contributed by atoms with Crippen LogP contribution in [0.25, 0.3) is 11.8 Å². The summed E-state index contributed by atoms with van der Waals surface area (Å²) in [6.45, 7) is 8.93. The third-order valence-corrected chi connectivity index (χ3v) is 6.16. The number of benzene rings is 2. The van der Waals surface area contributed by atoms with Gasteiger partial charge in [-0.25, -0.2) is 0 Å². The maximum Gasteiger partial charge on any atom is 0.129 e. The van der Waals surface area contributed by atoms with Gasteiger partial charge < -0.3 is 4.74 Å². The summed E-state index contributed by atoms with van der Waals surface area (Å²) in [6.07, 6.45) is 4.53. The molecular formula is C25H29N3O2. The van der Waals surface area contributed by atoms with Crippen LogP contribution in [0.3, 0.4) is 0 Å². The highest BCUT2D eigenvalue weighted by Crippen LogP contribution is 2.37. The molecule has 1 N–H and O–H groups in total. The molecule has 0 bridgehead atoms. The fourth-order valence-electron chi connectivity index (χ4n) is 4.38. The fourth-order valence-corrected chi connectivity index (χ4v) is 4.38. The minimum atomic E-state index is 0.0539. The van der Waals surface area contributed by atoms with Crippen LogP contribution in [0.4, 0.5) is 0 Å². The van der Waals surface area contributed by atoms with Gasteiger partial charge in [-0.1, -0.05) is 54.1 Å². The molecule has 0 aliphatic carbocycles. The summed E-state index contributed by atoms with van der Waals surface area (Å²) in [5.41, 5.74) is 9.14. The first-order valence-corrected chi connectivity index (χ1v) is 10.8. The molecular weight excluding hydrogens is 374 g/mol. The summed E-state index contributed by atoms with van der Waals surface area (Å²) in [5.74, 6) is 0.938.